The van der Waals surface area contributed by atoms with Crippen LogP contribution in [-0.2, 0) is 18.4 Å². The zero-order chi connectivity index (χ0) is 18.7. The maximum Gasteiger partial charge on any atom is 0.148 e. The van der Waals surface area contributed by atoms with Gasteiger partial charge in [0.2, 0.25) is 0 Å². The maximum atomic E-state index is 6.34. The van der Waals surface area contributed by atoms with Crippen molar-refractivity contribution < 1.29 is 4.52 Å². The molecule has 5 nitrogen and oxygen atoms in total. The lowest BCUT2D eigenvalue weighted by atomic mass is 9.86. The molecule has 26 heavy (non-hydrogen) atoms. The first kappa shape index (κ1) is 18.4. The lowest BCUT2D eigenvalue weighted by Crippen LogP contribution is -2.10. The molecule has 0 spiro atoms. The molecule has 0 amide bonds. The summed E-state index contributed by atoms with van der Waals surface area (Å²) in [6, 6.07) is 8.43. The molecule has 2 heterocycles. The summed E-state index contributed by atoms with van der Waals surface area (Å²) in [5.74, 6) is 0.619. The Morgan fingerprint density at radius 3 is 2.50 bits per heavy atom. The highest BCUT2D eigenvalue weighted by molar-refractivity contribution is 6.33. The van der Waals surface area contributed by atoms with Gasteiger partial charge in [0.05, 0.1) is 5.69 Å². The third-order valence-electron chi connectivity index (χ3n) is 4.31. The summed E-state index contributed by atoms with van der Waals surface area (Å²) in [4.78, 5) is 8.40. The van der Waals surface area contributed by atoms with Gasteiger partial charge in [0, 0.05) is 17.7 Å². The molecular weight excluding hydrogens is 348 g/mol. The highest BCUT2D eigenvalue weighted by Crippen LogP contribution is 2.28. The van der Waals surface area contributed by atoms with E-state index in [9.17, 15) is 0 Å². The van der Waals surface area contributed by atoms with Gasteiger partial charge in [-0.25, -0.2) is 9.97 Å². The molecular formula is C20H23ClN4O. The fourth-order valence-corrected chi connectivity index (χ4v) is 3.00. The highest BCUT2D eigenvalue weighted by Gasteiger charge is 2.16. The number of hydrogen-bond donors (Lipinski definition) is 1. The van der Waals surface area contributed by atoms with E-state index in [0.29, 0.717) is 17.4 Å². The third-order valence-corrected chi connectivity index (χ3v) is 4.71. The first-order chi connectivity index (χ1) is 12.4. The number of benzene rings is 1. The minimum atomic E-state index is 0.119. The van der Waals surface area contributed by atoms with Gasteiger partial charge in [0.25, 0.3) is 0 Å². The van der Waals surface area contributed by atoms with Crippen LogP contribution in [0.15, 0.2) is 41.4 Å². The predicted molar refractivity (Wildman–Crippen MR) is 104 cm³/mol. The van der Waals surface area contributed by atoms with E-state index >= 15 is 0 Å². The molecule has 0 saturated carbocycles. The quantitative estimate of drug-likeness (QED) is 0.663. The molecule has 0 atom stereocenters. The summed E-state index contributed by atoms with van der Waals surface area (Å²) in [5, 5.41) is 7.98. The van der Waals surface area contributed by atoms with E-state index in [1.54, 1.807) is 6.26 Å². The first-order valence-electron chi connectivity index (χ1n) is 8.67. The van der Waals surface area contributed by atoms with Gasteiger partial charge in [-0.05, 0) is 17.4 Å². The Labute approximate surface area is 158 Å². The van der Waals surface area contributed by atoms with Crippen LogP contribution in [0.5, 0.6) is 0 Å². The molecule has 0 aliphatic heterocycles. The van der Waals surface area contributed by atoms with Crippen molar-refractivity contribution in [3.63, 3.8) is 0 Å². The van der Waals surface area contributed by atoms with Crippen LogP contribution in [0.2, 0.25) is 5.02 Å². The summed E-state index contributed by atoms with van der Waals surface area (Å²) in [6.45, 7) is 9.12. The van der Waals surface area contributed by atoms with Gasteiger partial charge in [-0.15, -0.1) is 0 Å². The summed E-state index contributed by atoms with van der Waals surface area (Å²) in [7, 11) is 0. The van der Waals surface area contributed by atoms with Gasteiger partial charge >= 0.3 is 0 Å². The normalized spacial score (nSPS) is 11.6. The second-order valence-electron chi connectivity index (χ2n) is 7.21. The summed E-state index contributed by atoms with van der Waals surface area (Å²) < 4.78 is 5.21. The molecule has 0 radical (unpaired) electrons. The van der Waals surface area contributed by atoms with E-state index in [0.717, 1.165) is 28.9 Å². The Morgan fingerprint density at radius 1 is 1.12 bits per heavy atom. The van der Waals surface area contributed by atoms with Crippen LogP contribution in [0.25, 0.3) is 11.3 Å². The van der Waals surface area contributed by atoms with Crippen molar-refractivity contribution in [1.82, 2.24) is 15.1 Å². The summed E-state index contributed by atoms with van der Waals surface area (Å²) in [6.07, 6.45) is 3.93. The predicted octanol–water partition coefficient (Wildman–Crippen LogP) is 5.26. The summed E-state index contributed by atoms with van der Waals surface area (Å²) >= 11 is 6.34. The second-order valence-corrected chi connectivity index (χ2v) is 7.58. The van der Waals surface area contributed by atoms with Crippen molar-refractivity contribution in [3.8, 4) is 11.3 Å². The number of nitrogens with zero attached hydrogens (tertiary/aromatic N) is 3. The monoisotopic (exact) mass is 370 g/mol. The van der Waals surface area contributed by atoms with Gasteiger partial charge in [-0.1, -0.05) is 68.7 Å². The molecule has 6 heteroatoms. The van der Waals surface area contributed by atoms with Crippen LogP contribution in [0.3, 0.4) is 0 Å². The van der Waals surface area contributed by atoms with Crippen molar-refractivity contribution in [3.05, 3.63) is 58.7 Å². The standard InChI is InChI=1S/C20H23ClN4O/c1-5-16-17(21)19(24-12-23-16)22-10-14-11-26-25-18(14)13-6-8-15(9-7-13)20(2,3)4/h6-9,11-12H,5,10H2,1-4H3,(H,22,23,24). The average molecular weight is 371 g/mol. The Hall–Kier alpha value is -2.40. The smallest absolute Gasteiger partial charge is 0.148 e. The molecule has 1 aromatic carbocycles. The molecule has 0 saturated heterocycles. The Morgan fingerprint density at radius 2 is 1.85 bits per heavy atom. The minimum Gasteiger partial charge on any atom is -0.364 e. The van der Waals surface area contributed by atoms with E-state index in [4.69, 9.17) is 16.1 Å². The van der Waals surface area contributed by atoms with Gasteiger partial charge in [-0.2, -0.15) is 0 Å². The van der Waals surface area contributed by atoms with Gasteiger partial charge in [0.1, 0.15) is 29.1 Å². The Bertz CT molecular complexity index is 882. The number of halogens is 1. The minimum absolute atomic E-state index is 0.119. The number of aryl methyl sites for hydroxylation is 1. The van der Waals surface area contributed by atoms with Crippen LogP contribution in [-0.4, -0.2) is 15.1 Å². The van der Waals surface area contributed by atoms with Crippen LogP contribution in [0.1, 0.15) is 44.5 Å². The van der Waals surface area contributed by atoms with Crippen molar-refractivity contribution in [1.29, 1.82) is 0 Å². The van der Waals surface area contributed by atoms with Crippen LogP contribution >= 0.6 is 11.6 Å². The first-order valence-corrected chi connectivity index (χ1v) is 9.05. The molecule has 3 rings (SSSR count). The average Bonchev–Trinajstić information content (AvgIpc) is 3.09. The SMILES string of the molecule is CCc1ncnc(NCc2conc2-c2ccc(C(C)(C)C)cc2)c1Cl. The molecule has 1 N–H and O–H groups in total. The molecule has 0 bridgehead atoms. The number of anilines is 1. The van der Waals surface area contributed by atoms with Gasteiger partial charge < -0.3 is 9.84 Å². The molecule has 0 unspecified atom stereocenters. The number of rotatable bonds is 5. The van der Waals surface area contributed by atoms with Crippen LogP contribution < -0.4 is 5.32 Å². The second kappa shape index (κ2) is 7.46. The third kappa shape index (κ3) is 3.88. The van der Waals surface area contributed by atoms with Crippen molar-refractivity contribution in [2.24, 2.45) is 0 Å². The van der Waals surface area contributed by atoms with Crippen LogP contribution in [0.4, 0.5) is 5.82 Å². The molecule has 0 aliphatic carbocycles. The van der Waals surface area contributed by atoms with Gasteiger partial charge in [-0.3, -0.25) is 0 Å². The van der Waals surface area contributed by atoms with Crippen LogP contribution in [0, 0.1) is 0 Å². The molecule has 0 fully saturated rings. The molecule has 0 aliphatic rings. The largest absolute Gasteiger partial charge is 0.364 e. The lowest BCUT2D eigenvalue weighted by Gasteiger charge is -2.19. The zero-order valence-corrected chi connectivity index (χ0v) is 16.3. The van der Waals surface area contributed by atoms with E-state index < -0.39 is 0 Å². The number of hydrogen-bond acceptors (Lipinski definition) is 5. The Kier molecular flexibility index (Phi) is 5.28. The lowest BCUT2D eigenvalue weighted by molar-refractivity contribution is 0.421. The van der Waals surface area contributed by atoms with E-state index in [1.165, 1.54) is 11.9 Å². The Balaban J connectivity index is 1.79. The maximum absolute atomic E-state index is 6.34. The molecule has 136 valence electrons. The number of nitrogens with one attached hydrogen (secondary N) is 1. The fourth-order valence-electron chi connectivity index (χ4n) is 2.70. The van der Waals surface area contributed by atoms with E-state index in [-0.39, 0.29) is 5.41 Å². The zero-order valence-electron chi connectivity index (χ0n) is 15.5. The fraction of sp³-hybridized carbons (Fsp3) is 0.350. The topological polar surface area (TPSA) is 63.8 Å². The van der Waals surface area contributed by atoms with E-state index in [1.807, 2.05) is 6.92 Å². The molecule has 2 aromatic heterocycles. The van der Waals surface area contributed by atoms with E-state index in [2.05, 4.69) is 65.5 Å². The van der Waals surface area contributed by atoms with Crippen molar-refractivity contribution in [2.45, 2.75) is 46.1 Å². The van der Waals surface area contributed by atoms with Crippen molar-refractivity contribution >= 4 is 17.4 Å². The number of aromatic nitrogens is 3. The molecule has 3 aromatic rings. The highest BCUT2D eigenvalue weighted by atomic mass is 35.5. The summed E-state index contributed by atoms with van der Waals surface area (Å²) in [5.41, 5.74) is 5.01. The van der Waals surface area contributed by atoms with Gasteiger partial charge in [0.15, 0.2) is 0 Å². The van der Waals surface area contributed by atoms with Crippen molar-refractivity contribution in [2.75, 3.05) is 5.32 Å².